The van der Waals surface area contributed by atoms with Crippen LogP contribution in [0.1, 0.15) is 25.0 Å². The molecule has 0 saturated heterocycles. The molecule has 2 amide bonds. The van der Waals surface area contributed by atoms with Crippen LogP contribution in [0.25, 0.3) is 0 Å². The summed E-state index contributed by atoms with van der Waals surface area (Å²) < 4.78 is 4.95. The summed E-state index contributed by atoms with van der Waals surface area (Å²) >= 11 is 3.40. The predicted molar refractivity (Wildman–Crippen MR) is 106 cm³/mol. The van der Waals surface area contributed by atoms with Gasteiger partial charge in [-0.3, -0.25) is 15.0 Å². The lowest BCUT2D eigenvalue weighted by molar-refractivity contribution is -0.117. The topological polar surface area (TPSA) is 58.6 Å². The molecular formula is C20H21BrN2O3. The van der Waals surface area contributed by atoms with Crippen molar-refractivity contribution in [1.82, 2.24) is 0 Å². The minimum Gasteiger partial charge on any atom is -0.450 e. The van der Waals surface area contributed by atoms with Crippen molar-refractivity contribution < 1.29 is 14.3 Å². The summed E-state index contributed by atoms with van der Waals surface area (Å²) in [5.41, 5.74) is 4.47. The number of aryl methyl sites for hydroxylation is 2. The number of hydrogen-bond donors (Lipinski definition) is 1. The van der Waals surface area contributed by atoms with Crippen molar-refractivity contribution in [2.24, 2.45) is 0 Å². The number of benzene rings is 2. The van der Waals surface area contributed by atoms with E-state index in [0.717, 1.165) is 35.3 Å². The molecular weight excluding hydrogens is 396 g/mol. The quantitative estimate of drug-likeness (QED) is 0.730. The second kappa shape index (κ2) is 7.91. The molecule has 0 aromatic heterocycles. The monoisotopic (exact) mass is 416 g/mol. The summed E-state index contributed by atoms with van der Waals surface area (Å²) in [5.74, 6) is -0.0473. The molecule has 0 spiro atoms. The summed E-state index contributed by atoms with van der Waals surface area (Å²) in [6, 6.07) is 13.6. The Morgan fingerprint density at radius 2 is 1.85 bits per heavy atom. The molecule has 1 aliphatic rings. The predicted octanol–water partition coefficient (Wildman–Crippen LogP) is 4.80. The number of carbonyl (C=O) groups excluding carboxylic acids is 2. The first-order valence-electron chi connectivity index (χ1n) is 8.64. The third-order valence-electron chi connectivity index (χ3n) is 4.30. The van der Waals surface area contributed by atoms with E-state index in [1.165, 1.54) is 0 Å². The molecule has 0 radical (unpaired) electrons. The molecule has 0 bridgehead atoms. The first-order chi connectivity index (χ1) is 12.5. The zero-order chi connectivity index (χ0) is 18.7. The summed E-state index contributed by atoms with van der Waals surface area (Å²) in [5, 5.41) is 2.72. The van der Waals surface area contributed by atoms with E-state index in [-0.39, 0.29) is 10.7 Å². The molecule has 1 aliphatic heterocycles. The van der Waals surface area contributed by atoms with Crippen LogP contribution in [0.4, 0.5) is 21.9 Å². The number of para-hydroxylation sites is 1. The van der Waals surface area contributed by atoms with Crippen molar-refractivity contribution in [2.75, 3.05) is 16.8 Å². The summed E-state index contributed by atoms with van der Waals surface area (Å²) in [6.07, 6.45) is 1.18. The van der Waals surface area contributed by atoms with Crippen LogP contribution in [0.2, 0.25) is 0 Å². The Morgan fingerprint density at radius 1 is 1.15 bits per heavy atom. The number of alkyl halides is 1. The van der Waals surface area contributed by atoms with E-state index in [4.69, 9.17) is 4.74 Å². The van der Waals surface area contributed by atoms with Crippen molar-refractivity contribution in [3.63, 3.8) is 0 Å². The number of rotatable bonds is 3. The number of halogens is 1. The van der Waals surface area contributed by atoms with Crippen LogP contribution < -0.4 is 10.2 Å². The fraction of sp³-hybridized carbons (Fsp3) is 0.300. The Hall–Kier alpha value is -2.34. The summed E-state index contributed by atoms with van der Waals surface area (Å²) in [7, 11) is 0. The zero-order valence-electron chi connectivity index (χ0n) is 14.8. The van der Waals surface area contributed by atoms with Gasteiger partial charge in [-0.05, 0) is 56.0 Å². The van der Waals surface area contributed by atoms with Gasteiger partial charge in [-0.1, -0.05) is 40.2 Å². The van der Waals surface area contributed by atoms with Crippen LogP contribution in [0.15, 0.2) is 42.5 Å². The standard InChI is InChI=1S/C20H21BrN2O3/c1-3-26-20(25)22-16-11-10-15-9-8-14-6-4-5-7-17(14)23(18(15)12-16)19(24)13(2)21/h4-7,10-13H,3,8-9H2,1-2H3,(H,22,25). The lowest BCUT2D eigenvalue weighted by atomic mass is 10.0. The Bertz CT molecular complexity index is 836. The lowest BCUT2D eigenvalue weighted by Crippen LogP contribution is -2.32. The van der Waals surface area contributed by atoms with Crippen molar-refractivity contribution in [1.29, 1.82) is 0 Å². The molecule has 1 unspecified atom stereocenters. The molecule has 5 nitrogen and oxygen atoms in total. The van der Waals surface area contributed by atoms with E-state index in [1.807, 2.05) is 43.3 Å². The highest BCUT2D eigenvalue weighted by molar-refractivity contribution is 9.10. The molecule has 0 saturated carbocycles. The smallest absolute Gasteiger partial charge is 0.411 e. The van der Waals surface area contributed by atoms with E-state index >= 15 is 0 Å². The Morgan fingerprint density at radius 3 is 2.54 bits per heavy atom. The number of ether oxygens (including phenoxy) is 1. The minimum absolute atomic E-state index is 0.0473. The number of amides is 2. The van der Waals surface area contributed by atoms with Crippen LogP contribution in [-0.4, -0.2) is 23.4 Å². The van der Waals surface area contributed by atoms with Crippen molar-refractivity contribution in [3.8, 4) is 0 Å². The number of anilines is 3. The van der Waals surface area contributed by atoms with Crippen molar-refractivity contribution in [3.05, 3.63) is 53.6 Å². The zero-order valence-corrected chi connectivity index (χ0v) is 16.4. The third-order valence-corrected chi connectivity index (χ3v) is 4.70. The van der Waals surface area contributed by atoms with E-state index in [0.29, 0.717) is 12.3 Å². The van der Waals surface area contributed by atoms with Crippen molar-refractivity contribution in [2.45, 2.75) is 31.5 Å². The molecule has 136 valence electrons. The maximum atomic E-state index is 13.0. The minimum atomic E-state index is -0.506. The van der Waals surface area contributed by atoms with Gasteiger partial charge in [-0.2, -0.15) is 0 Å². The van der Waals surface area contributed by atoms with Gasteiger partial charge >= 0.3 is 6.09 Å². The Labute approximate surface area is 161 Å². The fourth-order valence-corrected chi connectivity index (χ4v) is 3.31. The molecule has 3 rings (SSSR count). The van der Waals surface area contributed by atoms with Gasteiger partial charge < -0.3 is 4.74 Å². The van der Waals surface area contributed by atoms with Crippen molar-refractivity contribution >= 4 is 45.0 Å². The Balaban J connectivity index is 2.08. The van der Waals surface area contributed by atoms with E-state index in [2.05, 4.69) is 27.3 Å². The van der Waals surface area contributed by atoms with E-state index in [1.54, 1.807) is 11.8 Å². The number of nitrogens with zero attached hydrogens (tertiary/aromatic N) is 1. The number of nitrogens with one attached hydrogen (secondary N) is 1. The van der Waals surface area contributed by atoms with Crippen LogP contribution >= 0.6 is 15.9 Å². The van der Waals surface area contributed by atoms with Gasteiger partial charge in [0.1, 0.15) is 0 Å². The molecule has 1 N–H and O–H groups in total. The molecule has 0 fully saturated rings. The van der Waals surface area contributed by atoms with Gasteiger partial charge in [0.2, 0.25) is 5.91 Å². The highest BCUT2D eigenvalue weighted by atomic mass is 79.9. The average molecular weight is 417 g/mol. The molecule has 2 aromatic carbocycles. The van der Waals surface area contributed by atoms with Gasteiger partial charge in [-0.15, -0.1) is 0 Å². The average Bonchev–Trinajstić information content (AvgIpc) is 2.77. The van der Waals surface area contributed by atoms with Gasteiger partial charge in [-0.25, -0.2) is 4.79 Å². The maximum absolute atomic E-state index is 13.0. The van der Waals surface area contributed by atoms with E-state index in [9.17, 15) is 9.59 Å². The molecule has 1 atom stereocenters. The lowest BCUT2D eigenvalue weighted by Gasteiger charge is -2.26. The summed E-state index contributed by atoms with van der Waals surface area (Å²) in [4.78, 5) is 26.1. The SMILES string of the molecule is CCOC(=O)Nc1ccc2c(c1)N(C(=O)C(C)Br)c1ccccc1CC2. The number of carbonyl (C=O) groups is 2. The van der Waals surface area contributed by atoms with Crippen LogP contribution in [0.3, 0.4) is 0 Å². The number of hydrogen-bond acceptors (Lipinski definition) is 3. The first-order valence-corrected chi connectivity index (χ1v) is 9.55. The summed E-state index contributed by atoms with van der Waals surface area (Å²) in [6.45, 7) is 3.87. The van der Waals surface area contributed by atoms with Gasteiger partial charge in [0.15, 0.2) is 0 Å². The van der Waals surface area contributed by atoms with Gasteiger partial charge in [0.05, 0.1) is 22.8 Å². The van der Waals surface area contributed by atoms with Gasteiger partial charge in [0.25, 0.3) is 0 Å². The largest absolute Gasteiger partial charge is 0.450 e. The highest BCUT2D eigenvalue weighted by Crippen LogP contribution is 2.38. The molecule has 2 aromatic rings. The molecule has 6 heteroatoms. The van der Waals surface area contributed by atoms with Crippen LogP contribution in [0, 0.1) is 0 Å². The second-order valence-corrected chi connectivity index (χ2v) is 7.48. The fourth-order valence-electron chi connectivity index (χ4n) is 3.10. The second-order valence-electron chi connectivity index (χ2n) is 6.11. The number of fused-ring (bicyclic) bond motifs is 2. The highest BCUT2D eigenvalue weighted by Gasteiger charge is 2.28. The normalized spacial score (nSPS) is 13.9. The first kappa shape index (κ1) is 18.5. The third kappa shape index (κ3) is 3.75. The molecule has 1 heterocycles. The maximum Gasteiger partial charge on any atom is 0.411 e. The van der Waals surface area contributed by atoms with E-state index < -0.39 is 6.09 Å². The Kier molecular flexibility index (Phi) is 5.61. The molecule has 26 heavy (non-hydrogen) atoms. The van der Waals surface area contributed by atoms with Gasteiger partial charge in [0, 0.05) is 5.69 Å². The molecule has 0 aliphatic carbocycles. The van der Waals surface area contributed by atoms with Crippen LogP contribution in [0.5, 0.6) is 0 Å². The van der Waals surface area contributed by atoms with Crippen LogP contribution in [-0.2, 0) is 22.4 Å².